The highest BCUT2D eigenvalue weighted by Gasteiger charge is 2.02. The van der Waals surface area contributed by atoms with Gasteiger partial charge in [0, 0.05) is 23.4 Å². The van der Waals surface area contributed by atoms with E-state index in [0.717, 1.165) is 16.8 Å². The van der Waals surface area contributed by atoms with Gasteiger partial charge in [0.2, 0.25) is 0 Å². The Hall–Kier alpha value is -3.07. The van der Waals surface area contributed by atoms with Crippen molar-refractivity contribution in [1.29, 1.82) is 0 Å². The van der Waals surface area contributed by atoms with Crippen LogP contribution in [0.4, 0.5) is 5.69 Å². The fraction of sp³-hybridized carbons (Fsp3) is 0. The summed E-state index contributed by atoms with van der Waals surface area (Å²) >= 11 is 0. The lowest BCUT2D eigenvalue weighted by molar-refractivity contribution is 0.554. The molecule has 108 valence electrons. The molecular formula is C19H15NO2. The number of nitrogen functional groups attached to an aromatic ring is 1. The molecule has 0 aliphatic carbocycles. The molecule has 2 aromatic carbocycles. The van der Waals surface area contributed by atoms with Crippen molar-refractivity contribution in [2.45, 2.75) is 0 Å². The van der Waals surface area contributed by atoms with Gasteiger partial charge in [-0.05, 0) is 23.8 Å². The van der Waals surface area contributed by atoms with Crippen LogP contribution < -0.4 is 11.2 Å². The summed E-state index contributed by atoms with van der Waals surface area (Å²) in [5.41, 5.74) is 8.16. The minimum Gasteiger partial charge on any atom is -0.456 e. The second-order valence-electron chi connectivity index (χ2n) is 4.93. The van der Waals surface area contributed by atoms with Gasteiger partial charge >= 0.3 is 0 Å². The van der Waals surface area contributed by atoms with Crippen molar-refractivity contribution in [2.24, 2.45) is 0 Å². The first-order valence-corrected chi connectivity index (χ1v) is 6.95. The molecule has 22 heavy (non-hydrogen) atoms. The predicted molar refractivity (Wildman–Crippen MR) is 90.2 cm³/mol. The molecule has 0 fully saturated rings. The van der Waals surface area contributed by atoms with Crippen LogP contribution in [0.25, 0.3) is 23.5 Å². The van der Waals surface area contributed by atoms with E-state index in [1.165, 1.54) is 12.1 Å². The van der Waals surface area contributed by atoms with Gasteiger partial charge in [0.25, 0.3) is 0 Å². The van der Waals surface area contributed by atoms with Gasteiger partial charge in [0.15, 0.2) is 5.43 Å². The maximum absolute atomic E-state index is 11.8. The van der Waals surface area contributed by atoms with Gasteiger partial charge in [-0.25, -0.2) is 0 Å². The Kier molecular flexibility index (Phi) is 3.88. The SMILES string of the molecule is Nc1ccc(/C=C/c2cc(=O)cc(-c3ccccc3)o2)cc1. The first-order chi connectivity index (χ1) is 10.7. The molecule has 0 radical (unpaired) electrons. The van der Waals surface area contributed by atoms with E-state index in [1.807, 2.05) is 60.7 Å². The van der Waals surface area contributed by atoms with Crippen LogP contribution in [0, 0.1) is 0 Å². The van der Waals surface area contributed by atoms with Crippen LogP contribution in [0.15, 0.2) is 75.9 Å². The molecule has 2 N–H and O–H groups in total. The summed E-state index contributed by atoms with van der Waals surface area (Å²) in [5.74, 6) is 1.08. The molecule has 3 nitrogen and oxygen atoms in total. The fourth-order valence-corrected chi connectivity index (χ4v) is 2.11. The highest BCUT2D eigenvalue weighted by Crippen LogP contribution is 2.19. The molecule has 1 heterocycles. The van der Waals surface area contributed by atoms with E-state index in [1.54, 1.807) is 6.08 Å². The van der Waals surface area contributed by atoms with Gasteiger partial charge in [-0.1, -0.05) is 48.5 Å². The monoisotopic (exact) mass is 289 g/mol. The van der Waals surface area contributed by atoms with Crippen molar-refractivity contribution in [1.82, 2.24) is 0 Å². The van der Waals surface area contributed by atoms with Crippen LogP contribution in [-0.4, -0.2) is 0 Å². The molecule has 0 saturated heterocycles. The molecule has 0 saturated carbocycles. The summed E-state index contributed by atoms with van der Waals surface area (Å²) in [6.45, 7) is 0. The normalized spacial score (nSPS) is 10.9. The van der Waals surface area contributed by atoms with Crippen LogP contribution in [-0.2, 0) is 0 Å². The van der Waals surface area contributed by atoms with E-state index in [4.69, 9.17) is 10.2 Å². The smallest absolute Gasteiger partial charge is 0.186 e. The molecule has 0 spiro atoms. The molecular weight excluding hydrogens is 274 g/mol. The number of hydrogen-bond acceptors (Lipinski definition) is 3. The summed E-state index contributed by atoms with van der Waals surface area (Å²) in [7, 11) is 0. The Bertz CT molecular complexity index is 847. The van der Waals surface area contributed by atoms with Crippen molar-refractivity contribution in [3.63, 3.8) is 0 Å². The standard InChI is InChI=1S/C19H15NO2/c20-16-9-6-14(7-10-16)8-11-18-12-17(21)13-19(22-18)15-4-2-1-3-5-15/h1-13H,20H2/b11-8+. The summed E-state index contributed by atoms with van der Waals surface area (Å²) in [4.78, 5) is 11.8. The summed E-state index contributed by atoms with van der Waals surface area (Å²) in [5, 5.41) is 0. The van der Waals surface area contributed by atoms with Crippen molar-refractivity contribution in [3.05, 3.63) is 88.3 Å². The fourth-order valence-electron chi connectivity index (χ4n) is 2.11. The number of nitrogens with two attached hydrogens (primary N) is 1. The zero-order valence-electron chi connectivity index (χ0n) is 11.9. The second-order valence-corrected chi connectivity index (χ2v) is 4.93. The lowest BCUT2D eigenvalue weighted by Gasteiger charge is -2.02. The Morgan fingerprint density at radius 3 is 2.32 bits per heavy atom. The molecule has 3 heteroatoms. The molecule has 0 amide bonds. The molecule has 3 aromatic rings. The van der Waals surface area contributed by atoms with Crippen molar-refractivity contribution < 1.29 is 4.42 Å². The summed E-state index contributed by atoms with van der Waals surface area (Å²) in [6, 6.07) is 20.0. The van der Waals surface area contributed by atoms with E-state index >= 15 is 0 Å². The first kappa shape index (κ1) is 13.9. The molecule has 0 bridgehead atoms. The van der Waals surface area contributed by atoms with E-state index in [-0.39, 0.29) is 5.43 Å². The average molecular weight is 289 g/mol. The van der Waals surface area contributed by atoms with Crippen LogP contribution in [0.2, 0.25) is 0 Å². The quantitative estimate of drug-likeness (QED) is 0.740. The van der Waals surface area contributed by atoms with Gasteiger partial charge in [-0.3, -0.25) is 4.79 Å². The number of rotatable bonds is 3. The van der Waals surface area contributed by atoms with Crippen LogP contribution in [0.5, 0.6) is 0 Å². The highest BCUT2D eigenvalue weighted by molar-refractivity contribution is 5.69. The van der Waals surface area contributed by atoms with E-state index in [0.29, 0.717) is 11.5 Å². The summed E-state index contributed by atoms with van der Waals surface area (Å²) in [6.07, 6.45) is 3.66. The third-order valence-electron chi connectivity index (χ3n) is 3.22. The Balaban J connectivity index is 1.93. The third kappa shape index (κ3) is 3.33. The van der Waals surface area contributed by atoms with Crippen LogP contribution >= 0.6 is 0 Å². The molecule has 3 rings (SSSR count). The van der Waals surface area contributed by atoms with Gasteiger partial charge in [-0.2, -0.15) is 0 Å². The molecule has 0 atom stereocenters. The summed E-state index contributed by atoms with van der Waals surface area (Å²) < 4.78 is 5.78. The molecule has 1 aromatic heterocycles. The maximum atomic E-state index is 11.8. The Labute approximate surface area is 128 Å². The average Bonchev–Trinajstić information content (AvgIpc) is 2.55. The van der Waals surface area contributed by atoms with Gasteiger partial charge in [0.1, 0.15) is 11.5 Å². The van der Waals surface area contributed by atoms with Crippen LogP contribution in [0.3, 0.4) is 0 Å². The van der Waals surface area contributed by atoms with Crippen molar-refractivity contribution in [3.8, 4) is 11.3 Å². The lowest BCUT2D eigenvalue weighted by Crippen LogP contribution is -1.98. The maximum Gasteiger partial charge on any atom is 0.186 e. The Morgan fingerprint density at radius 1 is 0.864 bits per heavy atom. The van der Waals surface area contributed by atoms with Gasteiger partial charge in [-0.15, -0.1) is 0 Å². The molecule has 0 aliphatic rings. The van der Waals surface area contributed by atoms with E-state index in [9.17, 15) is 4.79 Å². The van der Waals surface area contributed by atoms with E-state index < -0.39 is 0 Å². The van der Waals surface area contributed by atoms with E-state index in [2.05, 4.69) is 0 Å². The molecule has 0 unspecified atom stereocenters. The zero-order valence-corrected chi connectivity index (χ0v) is 11.9. The second kappa shape index (κ2) is 6.14. The predicted octanol–water partition coefficient (Wildman–Crippen LogP) is 4.06. The topological polar surface area (TPSA) is 56.2 Å². The van der Waals surface area contributed by atoms with Crippen molar-refractivity contribution in [2.75, 3.05) is 5.73 Å². The molecule has 0 aliphatic heterocycles. The largest absolute Gasteiger partial charge is 0.456 e. The van der Waals surface area contributed by atoms with Gasteiger partial charge < -0.3 is 10.2 Å². The first-order valence-electron chi connectivity index (χ1n) is 6.95. The van der Waals surface area contributed by atoms with Crippen molar-refractivity contribution >= 4 is 17.8 Å². The Morgan fingerprint density at radius 2 is 1.59 bits per heavy atom. The number of anilines is 1. The highest BCUT2D eigenvalue weighted by atomic mass is 16.3. The minimum absolute atomic E-state index is 0.0814. The number of hydrogen-bond donors (Lipinski definition) is 1. The zero-order chi connectivity index (χ0) is 15.4. The third-order valence-corrected chi connectivity index (χ3v) is 3.22. The lowest BCUT2D eigenvalue weighted by atomic mass is 10.1. The van der Waals surface area contributed by atoms with Gasteiger partial charge in [0.05, 0.1) is 0 Å². The van der Waals surface area contributed by atoms with Crippen LogP contribution in [0.1, 0.15) is 11.3 Å². The number of benzene rings is 2. The minimum atomic E-state index is -0.0814.